The normalized spacial score (nSPS) is 17.4. The molecule has 1 aliphatic carbocycles. The predicted octanol–water partition coefficient (Wildman–Crippen LogP) is 7.38. The smallest absolute Gasteiger partial charge is 0.266 e. The number of thiophene rings is 1. The third-order valence-corrected chi connectivity index (χ3v) is 9.30. The molecule has 1 fully saturated rings. The van der Waals surface area contributed by atoms with E-state index in [2.05, 4.69) is 10.3 Å². The van der Waals surface area contributed by atoms with Crippen molar-refractivity contribution < 1.29 is 18.3 Å². The molecule has 1 aliphatic rings. The van der Waals surface area contributed by atoms with E-state index in [1.165, 1.54) is 18.3 Å². The third kappa shape index (κ3) is 5.51. The summed E-state index contributed by atoms with van der Waals surface area (Å²) in [5, 5.41) is 4.23. The SMILES string of the molecule is CNC1CCC(N(Cc2cc(-c3ccc(F)nc3)ccc2OC)C(=O)c2sc3c(F)ccc(C)c3c2Cl)CC1. The molecular formula is C30H30ClF2N3O2S. The van der Waals surface area contributed by atoms with Crippen LogP contribution in [-0.2, 0) is 6.54 Å². The van der Waals surface area contributed by atoms with Gasteiger partial charge < -0.3 is 15.0 Å². The lowest BCUT2D eigenvalue weighted by Crippen LogP contribution is -2.44. The van der Waals surface area contributed by atoms with E-state index in [1.807, 2.05) is 37.1 Å². The molecule has 204 valence electrons. The Balaban J connectivity index is 1.55. The van der Waals surface area contributed by atoms with Crippen LogP contribution in [0.3, 0.4) is 0 Å². The van der Waals surface area contributed by atoms with Gasteiger partial charge in [-0.15, -0.1) is 11.3 Å². The van der Waals surface area contributed by atoms with E-state index in [9.17, 15) is 13.6 Å². The number of benzene rings is 2. The number of ether oxygens (including phenoxy) is 1. The molecule has 5 rings (SSSR count). The summed E-state index contributed by atoms with van der Waals surface area (Å²) < 4.78 is 34.2. The van der Waals surface area contributed by atoms with E-state index >= 15 is 0 Å². The highest BCUT2D eigenvalue weighted by atomic mass is 35.5. The fraction of sp³-hybridized carbons (Fsp3) is 0.333. The molecule has 0 radical (unpaired) electrons. The van der Waals surface area contributed by atoms with Crippen LogP contribution in [0, 0.1) is 18.7 Å². The van der Waals surface area contributed by atoms with Crippen molar-refractivity contribution in [3.63, 3.8) is 0 Å². The van der Waals surface area contributed by atoms with Gasteiger partial charge in [-0.05, 0) is 81.1 Å². The van der Waals surface area contributed by atoms with E-state index in [1.54, 1.807) is 19.2 Å². The first-order valence-electron chi connectivity index (χ1n) is 12.9. The number of carbonyl (C=O) groups excluding carboxylic acids is 1. The van der Waals surface area contributed by atoms with Crippen LogP contribution >= 0.6 is 22.9 Å². The number of hydrogen-bond acceptors (Lipinski definition) is 5. The highest BCUT2D eigenvalue weighted by Crippen LogP contribution is 2.41. The second-order valence-corrected chi connectivity index (χ2v) is 11.3. The monoisotopic (exact) mass is 569 g/mol. The number of methoxy groups -OCH3 is 1. The van der Waals surface area contributed by atoms with Gasteiger partial charge in [0.25, 0.3) is 5.91 Å². The molecule has 0 bridgehead atoms. The fourth-order valence-corrected chi connectivity index (χ4v) is 7.04. The van der Waals surface area contributed by atoms with Crippen molar-refractivity contribution in [2.75, 3.05) is 14.2 Å². The van der Waals surface area contributed by atoms with Crippen molar-refractivity contribution in [1.82, 2.24) is 15.2 Å². The number of halogens is 3. The van der Waals surface area contributed by atoms with Crippen molar-refractivity contribution in [2.45, 2.75) is 51.2 Å². The van der Waals surface area contributed by atoms with E-state index in [0.29, 0.717) is 31.8 Å². The van der Waals surface area contributed by atoms with Crippen LogP contribution in [0.5, 0.6) is 5.75 Å². The summed E-state index contributed by atoms with van der Waals surface area (Å²) >= 11 is 7.87. The van der Waals surface area contributed by atoms with Crippen LogP contribution in [0.4, 0.5) is 8.78 Å². The Bertz CT molecular complexity index is 1500. The van der Waals surface area contributed by atoms with Gasteiger partial charge in [-0.3, -0.25) is 4.79 Å². The quantitative estimate of drug-likeness (QED) is 0.236. The van der Waals surface area contributed by atoms with E-state index in [-0.39, 0.29) is 24.3 Å². The molecule has 0 unspecified atom stereocenters. The first kappa shape index (κ1) is 27.5. The van der Waals surface area contributed by atoms with Crippen LogP contribution in [0.1, 0.15) is 46.5 Å². The molecule has 2 heterocycles. The second-order valence-electron chi connectivity index (χ2n) is 9.94. The summed E-state index contributed by atoms with van der Waals surface area (Å²) in [6.07, 6.45) is 5.03. The average Bonchev–Trinajstić information content (AvgIpc) is 3.32. The Kier molecular flexibility index (Phi) is 8.16. The van der Waals surface area contributed by atoms with Gasteiger partial charge in [-0.2, -0.15) is 4.39 Å². The van der Waals surface area contributed by atoms with Crippen molar-refractivity contribution in [2.24, 2.45) is 0 Å². The molecule has 39 heavy (non-hydrogen) atoms. The minimum atomic E-state index is -0.548. The summed E-state index contributed by atoms with van der Waals surface area (Å²) in [6, 6.07) is 12.2. The topological polar surface area (TPSA) is 54.5 Å². The minimum absolute atomic E-state index is 0.0184. The standard InChI is InChI=1S/C30H30ClF2N3O2S/c1-17-4-11-23(32)28-26(17)27(31)29(39-28)30(37)36(22-9-7-21(34-2)8-10-22)16-20-14-18(5-12-24(20)38-3)19-6-13-25(33)35-15-19/h4-6,11-15,21-22,34H,7-10,16H2,1-3H3. The Morgan fingerprint density at radius 3 is 2.51 bits per heavy atom. The number of nitrogens with zero attached hydrogens (tertiary/aromatic N) is 2. The number of fused-ring (bicyclic) bond motifs is 1. The zero-order chi connectivity index (χ0) is 27.7. The number of rotatable bonds is 7. The summed E-state index contributed by atoms with van der Waals surface area (Å²) in [5.41, 5.74) is 3.23. The highest BCUT2D eigenvalue weighted by molar-refractivity contribution is 7.21. The molecule has 2 aromatic heterocycles. The van der Waals surface area contributed by atoms with Gasteiger partial charge in [0.1, 0.15) is 16.4 Å². The van der Waals surface area contributed by atoms with Crippen LogP contribution in [-0.4, -0.2) is 42.0 Å². The summed E-state index contributed by atoms with van der Waals surface area (Å²) in [6.45, 7) is 2.15. The molecule has 5 nitrogen and oxygen atoms in total. The lowest BCUT2D eigenvalue weighted by Gasteiger charge is -2.37. The molecule has 0 atom stereocenters. The van der Waals surface area contributed by atoms with Gasteiger partial charge in [0, 0.05) is 41.3 Å². The summed E-state index contributed by atoms with van der Waals surface area (Å²) in [5.74, 6) is -0.512. The Hall–Kier alpha value is -3.07. The predicted molar refractivity (Wildman–Crippen MR) is 153 cm³/mol. The van der Waals surface area contributed by atoms with Crippen LogP contribution in [0.2, 0.25) is 5.02 Å². The summed E-state index contributed by atoms with van der Waals surface area (Å²) in [7, 11) is 3.55. The number of amides is 1. The van der Waals surface area contributed by atoms with Crippen molar-refractivity contribution >= 4 is 38.9 Å². The van der Waals surface area contributed by atoms with Crippen molar-refractivity contribution in [1.29, 1.82) is 0 Å². The van der Waals surface area contributed by atoms with Gasteiger partial charge in [0.05, 0.1) is 16.8 Å². The summed E-state index contributed by atoms with van der Waals surface area (Å²) in [4.78, 5) is 20.2. The average molecular weight is 570 g/mol. The number of pyridine rings is 1. The molecule has 1 N–H and O–H groups in total. The lowest BCUT2D eigenvalue weighted by molar-refractivity contribution is 0.0604. The number of carbonyl (C=O) groups is 1. The van der Waals surface area contributed by atoms with Gasteiger partial charge >= 0.3 is 0 Å². The zero-order valence-electron chi connectivity index (χ0n) is 22.1. The fourth-order valence-electron chi connectivity index (χ4n) is 5.41. The molecule has 0 spiro atoms. The first-order valence-corrected chi connectivity index (χ1v) is 14.1. The van der Waals surface area contributed by atoms with Gasteiger partial charge in [0.15, 0.2) is 0 Å². The van der Waals surface area contributed by atoms with Crippen molar-refractivity contribution in [3.05, 3.63) is 81.5 Å². The van der Waals surface area contributed by atoms with Gasteiger partial charge in [-0.25, -0.2) is 9.37 Å². The van der Waals surface area contributed by atoms with Gasteiger partial charge in [-0.1, -0.05) is 23.7 Å². The highest BCUT2D eigenvalue weighted by Gasteiger charge is 2.32. The Morgan fingerprint density at radius 1 is 1.13 bits per heavy atom. The minimum Gasteiger partial charge on any atom is -0.496 e. The second kappa shape index (κ2) is 11.6. The zero-order valence-corrected chi connectivity index (χ0v) is 23.6. The molecule has 1 saturated carbocycles. The third-order valence-electron chi connectivity index (χ3n) is 7.62. The van der Waals surface area contributed by atoms with E-state index in [0.717, 1.165) is 59.3 Å². The molecule has 0 aliphatic heterocycles. The largest absolute Gasteiger partial charge is 0.496 e. The maximum Gasteiger partial charge on any atom is 0.266 e. The van der Waals surface area contributed by atoms with Gasteiger partial charge in [0.2, 0.25) is 5.95 Å². The first-order chi connectivity index (χ1) is 18.8. The number of nitrogens with one attached hydrogen (secondary N) is 1. The maximum absolute atomic E-state index is 14.7. The van der Waals surface area contributed by atoms with E-state index < -0.39 is 5.95 Å². The number of aromatic nitrogens is 1. The molecule has 9 heteroatoms. The molecule has 1 amide bonds. The number of hydrogen-bond donors (Lipinski definition) is 1. The van der Waals surface area contributed by atoms with E-state index in [4.69, 9.17) is 16.3 Å². The van der Waals surface area contributed by atoms with Crippen molar-refractivity contribution in [3.8, 4) is 16.9 Å². The maximum atomic E-state index is 14.7. The van der Waals surface area contributed by atoms with Crippen LogP contribution < -0.4 is 10.1 Å². The lowest BCUT2D eigenvalue weighted by atomic mass is 9.89. The van der Waals surface area contributed by atoms with Crippen LogP contribution in [0.25, 0.3) is 21.2 Å². The Labute approximate surface area is 235 Å². The molecule has 4 aromatic rings. The molecular weight excluding hydrogens is 540 g/mol. The van der Waals surface area contributed by atoms with Crippen LogP contribution in [0.15, 0.2) is 48.7 Å². The molecule has 0 saturated heterocycles. The molecule has 2 aromatic carbocycles. The number of aryl methyl sites for hydroxylation is 1. The Morgan fingerprint density at radius 2 is 1.87 bits per heavy atom.